The molecule has 2 atom stereocenters. The summed E-state index contributed by atoms with van der Waals surface area (Å²) < 4.78 is 5.37. The van der Waals surface area contributed by atoms with Gasteiger partial charge in [-0.3, -0.25) is 0 Å². The van der Waals surface area contributed by atoms with Gasteiger partial charge >= 0.3 is 0 Å². The van der Waals surface area contributed by atoms with Crippen molar-refractivity contribution in [3.05, 3.63) is 0 Å². The normalized spacial score (nSPS) is 25.2. The molecule has 0 radical (unpaired) electrons. The quantitative estimate of drug-likeness (QED) is 0.747. The van der Waals surface area contributed by atoms with Crippen molar-refractivity contribution in [1.29, 1.82) is 0 Å². The highest BCUT2D eigenvalue weighted by Gasteiger charge is 2.18. The van der Waals surface area contributed by atoms with Crippen LogP contribution in [-0.2, 0) is 4.74 Å². The molecule has 1 heterocycles. The van der Waals surface area contributed by atoms with E-state index in [1.807, 2.05) is 0 Å². The summed E-state index contributed by atoms with van der Waals surface area (Å²) in [6.07, 6.45) is 2.90. The Hall–Kier alpha value is -0.120. The molecule has 1 aliphatic rings. The van der Waals surface area contributed by atoms with Gasteiger partial charge in [0.1, 0.15) is 0 Å². The number of hydrogen-bond donors (Lipinski definition) is 2. The Bertz CT molecular complexity index is 171. The van der Waals surface area contributed by atoms with E-state index in [2.05, 4.69) is 26.1 Å². The van der Waals surface area contributed by atoms with Gasteiger partial charge < -0.3 is 15.2 Å². The molecular formula is C12H25NO2. The molecule has 1 rings (SSSR count). The number of ether oxygens (including phenoxy) is 1. The Morgan fingerprint density at radius 3 is 2.73 bits per heavy atom. The van der Waals surface area contributed by atoms with Crippen molar-refractivity contribution in [3.63, 3.8) is 0 Å². The second-order valence-corrected chi connectivity index (χ2v) is 5.74. The summed E-state index contributed by atoms with van der Waals surface area (Å²) in [6.45, 7) is 8.83. The van der Waals surface area contributed by atoms with Crippen LogP contribution in [0.25, 0.3) is 0 Å². The Balaban J connectivity index is 2.12. The van der Waals surface area contributed by atoms with Crippen LogP contribution in [0, 0.1) is 5.41 Å². The molecule has 15 heavy (non-hydrogen) atoms. The fourth-order valence-corrected chi connectivity index (χ4v) is 1.98. The van der Waals surface area contributed by atoms with Crippen molar-refractivity contribution < 1.29 is 9.84 Å². The molecule has 0 aromatic rings. The molecule has 0 saturated carbocycles. The molecule has 0 aromatic carbocycles. The average Bonchev–Trinajstić information content (AvgIpc) is 2.14. The van der Waals surface area contributed by atoms with Crippen LogP contribution in [0.15, 0.2) is 0 Å². The van der Waals surface area contributed by atoms with Gasteiger partial charge in [-0.15, -0.1) is 0 Å². The first-order chi connectivity index (χ1) is 6.97. The molecule has 0 bridgehead atoms. The molecule has 3 heteroatoms. The van der Waals surface area contributed by atoms with Gasteiger partial charge in [0, 0.05) is 19.2 Å². The Labute approximate surface area is 93.2 Å². The lowest BCUT2D eigenvalue weighted by molar-refractivity contribution is 0.0592. The molecular weight excluding hydrogens is 190 g/mol. The third-order valence-electron chi connectivity index (χ3n) is 2.65. The van der Waals surface area contributed by atoms with Crippen molar-refractivity contribution in [2.24, 2.45) is 5.41 Å². The lowest BCUT2D eigenvalue weighted by Gasteiger charge is -2.27. The Morgan fingerprint density at radius 1 is 1.47 bits per heavy atom. The van der Waals surface area contributed by atoms with E-state index in [4.69, 9.17) is 4.74 Å². The maximum absolute atomic E-state index is 9.81. The van der Waals surface area contributed by atoms with Crippen molar-refractivity contribution in [1.82, 2.24) is 5.32 Å². The Morgan fingerprint density at radius 2 is 2.20 bits per heavy atom. The van der Waals surface area contributed by atoms with E-state index in [0.717, 1.165) is 26.1 Å². The molecule has 2 N–H and O–H groups in total. The number of nitrogens with one attached hydrogen (secondary N) is 1. The van der Waals surface area contributed by atoms with E-state index in [0.29, 0.717) is 12.6 Å². The molecule has 1 saturated heterocycles. The molecule has 1 aliphatic heterocycles. The van der Waals surface area contributed by atoms with Gasteiger partial charge in [-0.2, -0.15) is 0 Å². The zero-order chi connectivity index (χ0) is 11.3. The van der Waals surface area contributed by atoms with Crippen LogP contribution in [0.2, 0.25) is 0 Å². The summed E-state index contributed by atoms with van der Waals surface area (Å²) in [5.41, 5.74) is 0.199. The van der Waals surface area contributed by atoms with Gasteiger partial charge in [-0.05, 0) is 24.7 Å². The highest BCUT2D eigenvalue weighted by atomic mass is 16.5. The van der Waals surface area contributed by atoms with Crippen molar-refractivity contribution >= 4 is 0 Å². The van der Waals surface area contributed by atoms with E-state index < -0.39 is 0 Å². The number of hydrogen-bond acceptors (Lipinski definition) is 3. The van der Waals surface area contributed by atoms with Crippen molar-refractivity contribution in [2.75, 3.05) is 19.8 Å². The van der Waals surface area contributed by atoms with Crippen LogP contribution in [0.3, 0.4) is 0 Å². The third-order valence-corrected chi connectivity index (χ3v) is 2.65. The standard InChI is InChI=1S/C12H25NO2/c1-12(2,3)7-11(14)8-13-10-5-4-6-15-9-10/h10-11,13-14H,4-9H2,1-3H3. The lowest BCUT2D eigenvalue weighted by Crippen LogP contribution is -2.41. The maximum atomic E-state index is 9.81. The minimum absolute atomic E-state index is 0.199. The summed E-state index contributed by atoms with van der Waals surface area (Å²) in [7, 11) is 0. The summed E-state index contributed by atoms with van der Waals surface area (Å²) >= 11 is 0. The number of aliphatic hydroxyl groups is 1. The van der Waals surface area contributed by atoms with Crippen molar-refractivity contribution in [3.8, 4) is 0 Å². The monoisotopic (exact) mass is 215 g/mol. The molecule has 0 amide bonds. The van der Waals surface area contributed by atoms with Crippen LogP contribution in [0.1, 0.15) is 40.0 Å². The van der Waals surface area contributed by atoms with Gasteiger partial charge in [0.15, 0.2) is 0 Å². The fourth-order valence-electron chi connectivity index (χ4n) is 1.98. The predicted octanol–water partition coefficient (Wildman–Crippen LogP) is 1.55. The SMILES string of the molecule is CC(C)(C)CC(O)CNC1CCCOC1. The molecule has 2 unspecified atom stereocenters. The van der Waals surface area contributed by atoms with Crippen LogP contribution >= 0.6 is 0 Å². The molecule has 0 aromatic heterocycles. The zero-order valence-electron chi connectivity index (χ0n) is 10.3. The highest BCUT2D eigenvalue weighted by Crippen LogP contribution is 2.20. The Kier molecular flexibility index (Phi) is 5.03. The van der Waals surface area contributed by atoms with E-state index in [1.54, 1.807) is 0 Å². The third kappa shape index (κ3) is 6.13. The molecule has 1 fully saturated rings. The average molecular weight is 215 g/mol. The molecule has 90 valence electrons. The summed E-state index contributed by atoms with van der Waals surface area (Å²) in [5.74, 6) is 0. The van der Waals surface area contributed by atoms with Gasteiger partial charge in [0.2, 0.25) is 0 Å². The second-order valence-electron chi connectivity index (χ2n) is 5.74. The summed E-state index contributed by atoms with van der Waals surface area (Å²) in [6, 6.07) is 0.438. The summed E-state index contributed by atoms with van der Waals surface area (Å²) in [4.78, 5) is 0. The van der Waals surface area contributed by atoms with Crippen LogP contribution in [-0.4, -0.2) is 37.0 Å². The van der Waals surface area contributed by atoms with Crippen LogP contribution < -0.4 is 5.32 Å². The first kappa shape index (κ1) is 12.9. The van der Waals surface area contributed by atoms with Gasteiger partial charge in [0.05, 0.1) is 12.7 Å². The van der Waals surface area contributed by atoms with Gasteiger partial charge in [-0.1, -0.05) is 20.8 Å². The van der Waals surface area contributed by atoms with E-state index in [1.165, 1.54) is 6.42 Å². The molecule has 0 spiro atoms. The maximum Gasteiger partial charge on any atom is 0.0669 e. The molecule has 0 aliphatic carbocycles. The lowest BCUT2D eigenvalue weighted by atomic mass is 9.89. The fraction of sp³-hybridized carbons (Fsp3) is 1.00. The van der Waals surface area contributed by atoms with Crippen LogP contribution in [0.4, 0.5) is 0 Å². The predicted molar refractivity (Wildman–Crippen MR) is 61.9 cm³/mol. The largest absolute Gasteiger partial charge is 0.392 e. The molecule has 3 nitrogen and oxygen atoms in total. The van der Waals surface area contributed by atoms with Crippen LogP contribution in [0.5, 0.6) is 0 Å². The first-order valence-corrected chi connectivity index (χ1v) is 5.96. The smallest absolute Gasteiger partial charge is 0.0669 e. The minimum Gasteiger partial charge on any atom is -0.392 e. The summed E-state index contributed by atoms with van der Waals surface area (Å²) in [5, 5.41) is 13.2. The minimum atomic E-state index is -0.244. The van der Waals surface area contributed by atoms with E-state index in [9.17, 15) is 5.11 Å². The number of rotatable bonds is 4. The zero-order valence-corrected chi connectivity index (χ0v) is 10.3. The van der Waals surface area contributed by atoms with E-state index in [-0.39, 0.29) is 11.5 Å². The topological polar surface area (TPSA) is 41.5 Å². The highest BCUT2D eigenvalue weighted by molar-refractivity contribution is 4.74. The van der Waals surface area contributed by atoms with Crippen molar-refractivity contribution in [2.45, 2.75) is 52.2 Å². The van der Waals surface area contributed by atoms with Gasteiger partial charge in [0.25, 0.3) is 0 Å². The second kappa shape index (κ2) is 5.83. The first-order valence-electron chi connectivity index (χ1n) is 5.96. The number of aliphatic hydroxyl groups excluding tert-OH is 1. The van der Waals surface area contributed by atoms with Gasteiger partial charge in [-0.25, -0.2) is 0 Å². The van der Waals surface area contributed by atoms with E-state index >= 15 is 0 Å².